The molecule has 0 amide bonds. The van der Waals surface area contributed by atoms with Crippen molar-refractivity contribution in [2.75, 3.05) is 13.7 Å². The Labute approximate surface area is 87.1 Å². The normalized spacial score (nSPS) is 25.5. The molecule has 82 valence electrons. The van der Waals surface area contributed by atoms with Crippen LogP contribution in [0.1, 0.15) is 18.0 Å². The highest BCUT2D eigenvalue weighted by atomic mass is 19.1. The fraction of sp³-hybridized carbons (Fsp3) is 0.500. The van der Waals surface area contributed by atoms with E-state index in [0.717, 1.165) is 6.20 Å². The molecule has 1 aromatic heterocycles. The number of nitrogens with one attached hydrogen (secondary N) is 1. The van der Waals surface area contributed by atoms with Crippen LogP contribution in [0.4, 0.5) is 4.39 Å². The zero-order valence-electron chi connectivity index (χ0n) is 8.40. The van der Waals surface area contributed by atoms with Crippen molar-refractivity contribution in [3.05, 3.63) is 23.6 Å². The van der Waals surface area contributed by atoms with E-state index in [1.807, 2.05) is 0 Å². The first-order valence-electron chi connectivity index (χ1n) is 4.81. The molecule has 1 saturated heterocycles. The molecular formula is C10H13FN2O2. The van der Waals surface area contributed by atoms with Gasteiger partial charge in [-0.05, 0) is 12.5 Å². The van der Waals surface area contributed by atoms with Gasteiger partial charge in [0.05, 0.1) is 19.4 Å². The van der Waals surface area contributed by atoms with Crippen molar-refractivity contribution in [1.29, 1.82) is 0 Å². The van der Waals surface area contributed by atoms with E-state index >= 15 is 0 Å². The Morgan fingerprint density at radius 3 is 3.07 bits per heavy atom. The Hall–Kier alpha value is -1.20. The molecule has 0 aliphatic carbocycles. The van der Waals surface area contributed by atoms with E-state index < -0.39 is 5.82 Å². The molecule has 2 rings (SSSR count). The van der Waals surface area contributed by atoms with Crippen LogP contribution in [0.5, 0.6) is 5.88 Å². The standard InChI is InChI=1S/C10H13FN2O2/c1-15-10-8(2-6(11)4-13-10)9-3-7(14)5-12-9/h2,4,7,9,12,14H,3,5H2,1H3. The monoisotopic (exact) mass is 212 g/mol. The summed E-state index contributed by atoms with van der Waals surface area (Å²) in [5.74, 6) is 0.0111. The summed E-state index contributed by atoms with van der Waals surface area (Å²) in [6.07, 6.45) is 1.29. The van der Waals surface area contributed by atoms with Gasteiger partial charge in [0.25, 0.3) is 0 Å². The summed E-state index contributed by atoms with van der Waals surface area (Å²) in [6, 6.07) is 1.31. The SMILES string of the molecule is COc1ncc(F)cc1C1CC(O)CN1. The van der Waals surface area contributed by atoms with E-state index in [9.17, 15) is 9.50 Å². The molecule has 15 heavy (non-hydrogen) atoms. The third-order valence-corrected chi connectivity index (χ3v) is 2.52. The van der Waals surface area contributed by atoms with Gasteiger partial charge in [-0.2, -0.15) is 0 Å². The molecule has 0 radical (unpaired) electrons. The molecule has 2 unspecified atom stereocenters. The quantitative estimate of drug-likeness (QED) is 0.754. The predicted octanol–water partition coefficient (Wildman–Crippen LogP) is 0.625. The van der Waals surface area contributed by atoms with Crippen LogP contribution in [0, 0.1) is 5.82 Å². The van der Waals surface area contributed by atoms with E-state index in [0.29, 0.717) is 24.4 Å². The number of ether oxygens (including phenoxy) is 1. The maximum atomic E-state index is 13.0. The lowest BCUT2D eigenvalue weighted by atomic mass is 10.1. The van der Waals surface area contributed by atoms with Gasteiger partial charge < -0.3 is 15.2 Å². The molecule has 0 bridgehead atoms. The van der Waals surface area contributed by atoms with Crippen molar-refractivity contribution in [3.8, 4) is 5.88 Å². The third kappa shape index (κ3) is 2.08. The Balaban J connectivity index is 2.29. The molecule has 4 nitrogen and oxygen atoms in total. The Morgan fingerprint density at radius 1 is 1.67 bits per heavy atom. The Kier molecular flexibility index (Phi) is 2.83. The topological polar surface area (TPSA) is 54.4 Å². The van der Waals surface area contributed by atoms with Gasteiger partial charge in [0.1, 0.15) is 5.82 Å². The largest absolute Gasteiger partial charge is 0.481 e. The minimum atomic E-state index is -0.394. The number of hydrogen-bond donors (Lipinski definition) is 2. The maximum absolute atomic E-state index is 13.0. The number of β-amino-alcohol motifs (C(OH)–C–C–N with tert-alkyl or cyclic N) is 1. The molecule has 0 aromatic carbocycles. The second-order valence-corrected chi connectivity index (χ2v) is 3.60. The molecule has 2 heterocycles. The van der Waals surface area contributed by atoms with E-state index in [-0.39, 0.29) is 12.1 Å². The average Bonchev–Trinajstić information content (AvgIpc) is 2.65. The van der Waals surface area contributed by atoms with Gasteiger partial charge in [-0.25, -0.2) is 9.37 Å². The van der Waals surface area contributed by atoms with Crippen LogP contribution in [-0.2, 0) is 0 Å². The zero-order valence-corrected chi connectivity index (χ0v) is 8.40. The summed E-state index contributed by atoms with van der Waals surface area (Å²) in [4.78, 5) is 3.85. The summed E-state index contributed by atoms with van der Waals surface area (Å²) in [5.41, 5.74) is 0.661. The highest BCUT2D eigenvalue weighted by Crippen LogP contribution is 2.29. The lowest BCUT2D eigenvalue weighted by Gasteiger charge is -2.13. The van der Waals surface area contributed by atoms with Gasteiger partial charge in [0.15, 0.2) is 0 Å². The minimum absolute atomic E-state index is 0.0850. The fourth-order valence-electron chi connectivity index (χ4n) is 1.82. The molecule has 1 fully saturated rings. The number of pyridine rings is 1. The number of halogens is 1. The van der Waals surface area contributed by atoms with Gasteiger partial charge in [-0.15, -0.1) is 0 Å². The number of rotatable bonds is 2. The smallest absolute Gasteiger partial charge is 0.218 e. The lowest BCUT2D eigenvalue weighted by Crippen LogP contribution is -2.16. The van der Waals surface area contributed by atoms with Crippen LogP contribution in [0.2, 0.25) is 0 Å². The van der Waals surface area contributed by atoms with Crippen LogP contribution in [0.3, 0.4) is 0 Å². The average molecular weight is 212 g/mol. The minimum Gasteiger partial charge on any atom is -0.481 e. The van der Waals surface area contributed by atoms with Gasteiger partial charge in [-0.1, -0.05) is 0 Å². The van der Waals surface area contributed by atoms with Crippen LogP contribution >= 0.6 is 0 Å². The van der Waals surface area contributed by atoms with Gasteiger partial charge in [-0.3, -0.25) is 0 Å². The second-order valence-electron chi connectivity index (χ2n) is 3.60. The number of aliphatic hydroxyl groups is 1. The summed E-state index contributed by atoms with van der Waals surface area (Å²) >= 11 is 0. The maximum Gasteiger partial charge on any atom is 0.218 e. The molecule has 1 aromatic rings. The highest BCUT2D eigenvalue weighted by molar-refractivity contribution is 5.30. The first-order chi connectivity index (χ1) is 7.20. The molecule has 1 aliphatic rings. The van der Waals surface area contributed by atoms with Crippen LogP contribution < -0.4 is 10.1 Å². The molecule has 2 atom stereocenters. The van der Waals surface area contributed by atoms with Crippen LogP contribution in [0.15, 0.2) is 12.3 Å². The first kappa shape index (κ1) is 10.3. The van der Waals surface area contributed by atoms with Gasteiger partial charge >= 0.3 is 0 Å². The summed E-state index contributed by atoms with van der Waals surface area (Å²) in [6.45, 7) is 0.518. The van der Waals surface area contributed by atoms with Crippen molar-refractivity contribution >= 4 is 0 Å². The first-order valence-corrected chi connectivity index (χ1v) is 4.81. The number of nitrogens with zero attached hydrogens (tertiary/aromatic N) is 1. The molecule has 5 heteroatoms. The molecule has 0 spiro atoms. The van der Waals surface area contributed by atoms with E-state index in [1.54, 1.807) is 0 Å². The fourth-order valence-corrected chi connectivity index (χ4v) is 1.82. The Bertz CT molecular complexity index is 359. The Morgan fingerprint density at radius 2 is 2.47 bits per heavy atom. The summed E-state index contributed by atoms with van der Waals surface area (Å²) in [7, 11) is 1.50. The lowest BCUT2D eigenvalue weighted by molar-refractivity contribution is 0.193. The molecule has 2 N–H and O–H groups in total. The number of aliphatic hydroxyl groups excluding tert-OH is 1. The number of methoxy groups -OCH3 is 1. The van der Waals surface area contributed by atoms with Crippen LogP contribution in [0.25, 0.3) is 0 Å². The van der Waals surface area contributed by atoms with Gasteiger partial charge in [0.2, 0.25) is 5.88 Å². The molecular weight excluding hydrogens is 199 g/mol. The third-order valence-electron chi connectivity index (χ3n) is 2.52. The summed E-state index contributed by atoms with van der Waals surface area (Å²) in [5, 5.41) is 12.5. The highest BCUT2D eigenvalue weighted by Gasteiger charge is 2.26. The molecule has 0 saturated carbocycles. The number of hydrogen-bond acceptors (Lipinski definition) is 4. The molecule has 1 aliphatic heterocycles. The van der Waals surface area contributed by atoms with E-state index in [2.05, 4.69) is 10.3 Å². The van der Waals surface area contributed by atoms with Gasteiger partial charge in [0, 0.05) is 18.2 Å². The summed E-state index contributed by atoms with van der Waals surface area (Å²) < 4.78 is 18.1. The van der Waals surface area contributed by atoms with Crippen molar-refractivity contribution in [3.63, 3.8) is 0 Å². The second kappa shape index (κ2) is 4.12. The van der Waals surface area contributed by atoms with Crippen molar-refractivity contribution in [2.45, 2.75) is 18.6 Å². The van der Waals surface area contributed by atoms with E-state index in [1.165, 1.54) is 13.2 Å². The van der Waals surface area contributed by atoms with Crippen LogP contribution in [-0.4, -0.2) is 29.8 Å². The zero-order chi connectivity index (χ0) is 10.8. The van der Waals surface area contributed by atoms with Crippen molar-refractivity contribution < 1.29 is 14.2 Å². The predicted molar refractivity (Wildman–Crippen MR) is 52.1 cm³/mol. The van der Waals surface area contributed by atoms with Crippen molar-refractivity contribution in [2.24, 2.45) is 0 Å². The number of aromatic nitrogens is 1. The van der Waals surface area contributed by atoms with Crippen molar-refractivity contribution in [1.82, 2.24) is 10.3 Å². The van der Waals surface area contributed by atoms with E-state index in [4.69, 9.17) is 4.74 Å².